The van der Waals surface area contributed by atoms with Crippen LogP contribution >= 0.6 is 11.8 Å². The zero-order chi connectivity index (χ0) is 12.0. The highest BCUT2D eigenvalue weighted by atomic mass is 32.2. The SMILES string of the molecule is CC[C@@H](NC(=O)NC1CCSCC1)C(=O)O. The van der Waals surface area contributed by atoms with Gasteiger partial charge in [-0.2, -0.15) is 11.8 Å². The fourth-order valence-electron chi connectivity index (χ4n) is 1.57. The average molecular weight is 246 g/mol. The molecule has 1 saturated heterocycles. The number of hydrogen-bond acceptors (Lipinski definition) is 3. The third-order valence-corrected chi connectivity index (χ3v) is 3.62. The highest BCUT2D eigenvalue weighted by molar-refractivity contribution is 7.99. The van der Waals surface area contributed by atoms with Crippen LogP contribution < -0.4 is 10.6 Å². The topological polar surface area (TPSA) is 78.4 Å². The number of urea groups is 1. The molecular weight excluding hydrogens is 228 g/mol. The molecular formula is C10H18N2O3S. The molecule has 0 spiro atoms. The maximum atomic E-state index is 11.5. The van der Waals surface area contributed by atoms with Crippen LogP contribution in [0.15, 0.2) is 0 Å². The van der Waals surface area contributed by atoms with Crippen molar-refractivity contribution >= 4 is 23.8 Å². The molecule has 1 rings (SSSR count). The Morgan fingerprint density at radius 3 is 2.56 bits per heavy atom. The van der Waals surface area contributed by atoms with Gasteiger partial charge in [0.05, 0.1) is 0 Å². The fourth-order valence-corrected chi connectivity index (χ4v) is 2.67. The van der Waals surface area contributed by atoms with E-state index in [1.807, 2.05) is 11.8 Å². The summed E-state index contributed by atoms with van der Waals surface area (Å²) < 4.78 is 0. The van der Waals surface area contributed by atoms with Crippen LogP contribution in [0, 0.1) is 0 Å². The van der Waals surface area contributed by atoms with Crippen LogP contribution in [0.5, 0.6) is 0 Å². The molecule has 0 aromatic carbocycles. The van der Waals surface area contributed by atoms with Crippen molar-refractivity contribution in [1.82, 2.24) is 10.6 Å². The lowest BCUT2D eigenvalue weighted by Crippen LogP contribution is -2.49. The Morgan fingerprint density at radius 1 is 1.44 bits per heavy atom. The molecule has 5 nitrogen and oxygen atoms in total. The Kier molecular flexibility index (Phi) is 5.45. The molecule has 2 amide bonds. The van der Waals surface area contributed by atoms with Gasteiger partial charge in [-0.05, 0) is 30.8 Å². The minimum atomic E-state index is -0.989. The van der Waals surface area contributed by atoms with Crippen LogP contribution in [0.4, 0.5) is 4.79 Å². The average Bonchev–Trinajstić information content (AvgIpc) is 2.27. The number of carboxylic acids is 1. The van der Waals surface area contributed by atoms with Crippen molar-refractivity contribution < 1.29 is 14.7 Å². The van der Waals surface area contributed by atoms with E-state index in [-0.39, 0.29) is 12.1 Å². The molecule has 0 bridgehead atoms. The fraction of sp³-hybridized carbons (Fsp3) is 0.800. The van der Waals surface area contributed by atoms with Gasteiger partial charge in [0.15, 0.2) is 0 Å². The summed E-state index contributed by atoms with van der Waals surface area (Å²) in [4.78, 5) is 22.2. The van der Waals surface area contributed by atoms with Gasteiger partial charge in [-0.3, -0.25) is 0 Å². The summed E-state index contributed by atoms with van der Waals surface area (Å²) in [6.45, 7) is 1.73. The molecule has 1 atom stereocenters. The number of nitrogens with one attached hydrogen (secondary N) is 2. The quantitative estimate of drug-likeness (QED) is 0.692. The van der Waals surface area contributed by atoms with Crippen molar-refractivity contribution in [3.05, 3.63) is 0 Å². The van der Waals surface area contributed by atoms with Gasteiger partial charge in [-0.15, -0.1) is 0 Å². The van der Waals surface area contributed by atoms with Crippen molar-refractivity contribution in [3.8, 4) is 0 Å². The van der Waals surface area contributed by atoms with Gasteiger partial charge in [0.2, 0.25) is 0 Å². The second kappa shape index (κ2) is 6.62. The molecule has 92 valence electrons. The number of carbonyl (C=O) groups is 2. The van der Waals surface area contributed by atoms with Crippen LogP contribution in [-0.2, 0) is 4.79 Å². The molecule has 16 heavy (non-hydrogen) atoms. The van der Waals surface area contributed by atoms with Gasteiger partial charge < -0.3 is 15.7 Å². The van der Waals surface area contributed by atoms with Crippen LogP contribution in [0.1, 0.15) is 26.2 Å². The van der Waals surface area contributed by atoms with Gasteiger partial charge in [0.25, 0.3) is 0 Å². The monoisotopic (exact) mass is 246 g/mol. The summed E-state index contributed by atoms with van der Waals surface area (Å²) in [6.07, 6.45) is 2.31. The Hall–Kier alpha value is -0.910. The zero-order valence-electron chi connectivity index (χ0n) is 9.36. The van der Waals surface area contributed by atoms with Crippen molar-refractivity contribution in [3.63, 3.8) is 0 Å². The van der Waals surface area contributed by atoms with E-state index in [9.17, 15) is 9.59 Å². The number of carbonyl (C=O) groups excluding carboxylic acids is 1. The lowest BCUT2D eigenvalue weighted by molar-refractivity contribution is -0.139. The number of carboxylic acid groups (broad SMARTS) is 1. The Labute approximate surface area is 99.4 Å². The van der Waals surface area contributed by atoms with Gasteiger partial charge in [0, 0.05) is 6.04 Å². The molecule has 0 aliphatic carbocycles. The second-order valence-corrected chi connectivity index (χ2v) is 5.03. The lowest BCUT2D eigenvalue weighted by atomic mass is 10.1. The van der Waals surface area contributed by atoms with E-state index in [1.165, 1.54) is 0 Å². The summed E-state index contributed by atoms with van der Waals surface area (Å²) in [5.41, 5.74) is 0. The molecule has 1 aliphatic heterocycles. The van der Waals surface area contributed by atoms with E-state index in [4.69, 9.17) is 5.11 Å². The standard InChI is InChI=1S/C10H18N2O3S/c1-2-8(9(13)14)12-10(15)11-7-3-5-16-6-4-7/h7-8H,2-6H2,1H3,(H,13,14)(H2,11,12,15)/t8-/m1/s1. The van der Waals surface area contributed by atoms with Crippen molar-refractivity contribution in [2.24, 2.45) is 0 Å². The zero-order valence-corrected chi connectivity index (χ0v) is 10.2. The first-order chi connectivity index (χ1) is 7.63. The van der Waals surface area contributed by atoms with E-state index >= 15 is 0 Å². The maximum Gasteiger partial charge on any atom is 0.326 e. The van der Waals surface area contributed by atoms with Crippen molar-refractivity contribution in [1.29, 1.82) is 0 Å². The minimum Gasteiger partial charge on any atom is -0.480 e. The number of hydrogen-bond donors (Lipinski definition) is 3. The number of amides is 2. The molecule has 0 aromatic heterocycles. The highest BCUT2D eigenvalue weighted by Gasteiger charge is 2.20. The molecule has 1 heterocycles. The van der Waals surface area contributed by atoms with E-state index in [2.05, 4.69) is 10.6 Å². The largest absolute Gasteiger partial charge is 0.480 e. The summed E-state index contributed by atoms with van der Waals surface area (Å²) in [5, 5.41) is 14.1. The number of aliphatic carboxylic acids is 1. The summed E-state index contributed by atoms with van der Waals surface area (Å²) in [7, 11) is 0. The van der Waals surface area contributed by atoms with Gasteiger partial charge in [0.1, 0.15) is 6.04 Å². The Balaban J connectivity index is 2.31. The van der Waals surface area contributed by atoms with E-state index in [1.54, 1.807) is 6.92 Å². The first-order valence-corrected chi connectivity index (χ1v) is 6.66. The van der Waals surface area contributed by atoms with E-state index in [0.29, 0.717) is 6.42 Å². The lowest BCUT2D eigenvalue weighted by Gasteiger charge is -2.23. The Morgan fingerprint density at radius 2 is 2.06 bits per heavy atom. The minimum absolute atomic E-state index is 0.188. The van der Waals surface area contributed by atoms with Gasteiger partial charge >= 0.3 is 12.0 Å². The summed E-state index contributed by atoms with van der Waals surface area (Å²) in [6, 6.07) is -0.975. The maximum absolute atomic E-state index is 11.5. The van der Waals surface area contributed by atoms with Crippen LogP contribution in [0.3, 0.4) is 0 Å². The van der Waals surface area contributed by atoms with Crippen LogP contribution in [-0.4, -0.2) is 40.7 Å². The predicted molar refractivity (Wildman–Crippen MR) is 63.7 cm³/mol. The second-order valence-electron chi connectivity index (χ2n) is 3.80. The smallest absolute Gasteiger partial charge is 0.326 e. The molecule has 6 heteroatoms. The first-order valence-electron chi connectivity index (χ1n) is 5.51. The van der Waals surface area contributed by atoms with Crippen molar-refractivity contribution in [2.45, 2.75) is 38.3 Å². The molecule has 1 fully saturated rings. The van der Waals surface area contributed by atoms with Crippen LogP contribution in [0.25, 0.3) is 0 Å². The van der Waals surface area contributed by atoms with Crippen LogP contribution in [0.2, 0.25) is 0 Å². The van der Waals surface area contributed by atoms with E-state index in [0.717, 1.165) is 24.3 Å². The highest BCUT2D eigenvalue weighted by Crippen LogP contribution is 2.16. The number of rotatable bonds is 4. The molecule has 1 aliphatic rings. The molecule has 3 N–H and O–H groups in total. The van der Waals surface area contributed by atoms with Gasteiger partial charge in [-0.1, -0.05) is 6.92 Å². The van der Waals surface area contributed by atoms with Crippen molar-refractivity contribution in [2.75, 3.05) is 11.5 Å². The molecule has 0 aromatic rings. The summed E-state index contributed by atoms with van der Waals surface area (Å²) in [5.74, 6) is 1.12. The third kappa shape index (κ3) is 4.30. The molecule has 0 unspecified atom stereocenters. The van der Waals surface area contributed by atoms with E-state index < -0.39 is 12.0 Å². The van der Waals surface area contributed by atoms with Gasteiger partial charge in [-0.25, -0.2) is 9.59 Å². The predicted octanol–water partition coefficient (Wildman–Crippen LogP) is 1.04. The third-order valence-electron chi connectivity index (χ3n) is 2.57. The first kappa shape index (κ1) is 13.2. The normalized spacial score (nSPS) is 18.8. The Bertz CT molecular complexity index is 254. The molecule has 0 saturated carbocycles. The summed E-state index contributed by atoms with van der Waals surface area (Å²) >= 11 is 1.88. The number of thioether (sulfide) groups is 1. The molecule has 0 radical (unpaired) electrons.